The van der Waals surface area contributed by atoms with E-state index in [-0.39, 0.29) is 16.7 Å². The van der Waals surface area contributed by atoms with Crippen LogP contribution in [0.2, 0.25) is 0 Å². The first-order valence-electron chi connectivity index (χ1n) is 12.4. The van der Waals surface area contributed by atoms with Gasteiger partial charge in [-0.1, -0.05) is 12.1 Å². The molecule has 0 saturated heterocycles. The van der Waals surface area contributed by atoms with Gasteiger partial charge in [0.25, 0.3) is 10.0 Å². The number of hydrogen-bond acceptors (Lipinski definition) is 6. The lowest BCUT2D eigenvalue weighted by molar-refractivity contribution is -0.120. The Labute approximate surface area is 225 Å². The molecule has 0 aliphatic heterocycles. The summed E-state index contributed by atoms with van der Waals surface area (Å²) in [7, 11) is -1.25. The molecule has 3 aromatic rings. The summed E-state index contributed by atoms with van der Waals surface area (Å²) in [5.41, 5.74) is 4.67. The van der Waals surface area contributed by atoms with Gasteiger partial charge in [-0.3, -0.25) is 9.10 Å². The first-order chi connectivity index (χ1) is 18.0. The average molecular weight is 541 g/mol. The Morgan fingerprint density at radius 1 is 0.895 bits per heavy atom. The fraction of sp³-hybridized carbons (Fsp3) is 0.345. The summed E-state index contributed by atoms with van der Waals surface area (Å²) in [5.74, 6) is 0.828. The lowest BCUT2D eigenvalue weighted by atomic mass is 9.96. The lowest BCUT2D eigenvalue weighted by Crippen LogP contribution is -2.41. The number of rotatable bonds is 11. The molecule has 0 heterocycles. The van der Waals surface area contributed by atoms with E-state index in [1.54, 1.807) is 24.3 Å². The van der Waals surface area contributed by atoms with Gasteiger partial charge in [0.05, 0.1) is 37.5 Å². The number of benzene rings is 3. The van der Waals surface area contributed by atoms with Crippen LogP contribution in [0.4, 0.5) is 5.69 Å². The maximum absolute atomic E-state index is 13.9. The Kier molecular flexibility index (Phi) is 9.27. The van der Waals surface area contributed by atoms with E-state index in [4.69, 9.17) is 14.2 Å². The van der Waals surface area contributed by atoms with E-state index in [1.165, 1.54) is 38.0 Å². The summed E-state index contributed by atoms with van der Waals surface area (Å²) in [6, 6.07) is 14.7. The molecule has 0 aliphatic carbocycles. The Morgan fingerprint density at radius 2 is 1.53 bits per heavy atom. The summed E-state index contributed by atoms with van der Waals surface area (Å²) in [4.78, 5) is 13.2. The van der Waals surface area contributed by atoms with Gasteiger partial charge in [0, 0.05) is 6.07 Å². The summed E-state index contributed by atoms with van der Waals surface area (Å²) in [6.45, 7) is 9.88. The number of aryl methyl sites for hydroxylation is 3. The molecule has 1 amide bonds. The van der Waals surface area contributed by atoms with Gasteiger partial charge < -0.3 is 19.5 Å². The number of hydrogen-bond donors (Lipinski definition) is 1. The fourth-order valence-electron chi connectivity index (χ4n) is 4.24. The number of carbonyl (C=O) groups is 1. The molecular formula is C29H36N2O6S. The van der Waals surface area contributed by atoms with E-state index in [0.29, 0.717) is 23.8 Å². The quantitative estimate of drug-likeness (QED) is 0.364. The van der Waals surface area contributed by atoms with Crippen LogP contribution in [-0.2, 0) is 14.8 Å². The maximum Gasteiger partial charge on any atom is 0.264 e. The molecule has 0 unspecified atom stereocenters. The second-order valence-corrected chi connectivity index (χ2v) is 10.9. The molecule has 3 aromatic carbocycles. The molecule has 0 radical (unpaired) electrons. The maximum atomic E-state index is 13.9. The molecule has 1 atom stereocenters. The van der Waals surface area contributed by atoms with E-state index in [2.05, 4.69) is 17.4 Å². The molecule has 3 rings (SSSR count). The first kappa shape index (κ1) is 28.8. The van der Waals surface area contributed by atoms with Crippen LogP contribution in [0.3, 0.4) is 0 Å². The Balaban J connectivity index is 1.96. The molecule has 0 saturated carbocycles. The number of anilines is 1. The minimum absolute atomic E-state index is 0.0325. The minimum atomic E-state index is -4.16. The Hall–Kier alpha value is -3.72. The van der Waals surface area contributed by atoms with E-state index < -0.39 is 22.5 Å². The number of nitrogens with zero attached hydrogens (tertiary/aromatic N) is 1. The minimum Gasteiger partial charge on any atom is -0.494 e. The molecule has 0 aliphatic rings. The first-order valence-corrected chi connectivity index (χ1v) is 13.8. The summed E-state index contributed by atoms with van der Waals surface area (Å²) < 4.78 is 44.9. The zero-order chi connectivity index (χ0) is 28.0. The highest BCUT2D eigenvalue weighted by Gasteiger charge is 2.29. The Morgan fingerprint density at radius 3 is 2.13 bits per heavy atom. The van der Waals surface area contributed by atoms with Gasteiger partial charge in [-0.2, -0.15) is 0 Å². The standard InChI is InChI=1S/C29H36N2O6S/c1-8-37-24-11-9-23(10-12-24)31(38(33,34)25-13-14-27(35-6)28(17-25)36-7)18-29(32)30-22(5)26-16-20(3)19(2)15-21(26)4/h9-17,22H,8,18H2,1-7H3,(H,30,32)/t22-/m1/s1. The smallest absolute Gasteiger partial charge is 0.264 e. The molecular weight excluding hydrogens is 504 g/mol. The van der Waals surface area contributed by atoms with Crippen molar-refractivity contribution < 1.29 is 27.4 Å². The normalized spacial score (nSPS) is 12.0. The van der Waals surface area contributed by atoms with Crippen molar-refractivity contribution in [2.24, 2.45) is 0 Å². The number of nitrogens with one attached hydrogen (secondary N) is 1. The Bertz CT molecular complexity index is 1390. The number of methoxy groups -OCH3 is 2. The van der Waals surface area contributed by atoms with Gasteiger partial charge in [0.1, 0.15) is 12.3 Å². The van der Waals surface area contributed by atoms with Crippen LogP contribution in [0.15, 0.2) is 59.5 Å². The molecule has 0 spiro atoms. The second-order valence-electron chi connectivity index (χ2n) is 9.04. The summed E-state index contributed by atoms with van der Waals surface area (Å²) in [6.07, 6.45) is 0. The van der Waals surface area contributed by atoms with Gasteiger partial charge >= 0.3 is 0 Å². The van der Waals surface area contributed by atoms with Crippen LogP contribution in [0.25, 0.3) is 0 Å². The SMILES string of the molecule is CCOc1ccc(N(CC(=O)N[C@H](C)c2cc(C)c(C)cc2C)S(=O)(=O)c2ccc(OC)c(OC)c2)cc1. The van der Waals surface area contributed by atoms with Crippen molar-refractivity contribution in [2.75, 3.05) is 31.7 Å². The van der Waals surface area contributed by atoms with Crippen molar-refractivity contribution in [1.82, 2.24) is 5.32 Å². The van der Waals surface area contributed by atoms with Crippen LogP contribution < -0.4 is 23.8 Å². The summed E-state index contributed by atoms with van der Waals surface area (Å²) >= 11 is 0. The third-order valence-electron chi connectivity index (χ3n) is 6.39. The third-order valence-corrected chi connectivity index (χ3v) is 8.16. The van der Waals surface area contributed by atoms with E-state index in [9.17, 15) is 13.2 Å². The zero-order valence-corrected chi connectivity index (χ0v) is 23.8. The van der Waals surface area contributed by atoms with Gasteiger partial charge in [0.2, 0.25) is 5.91 Å². The van der Waals surface area contributed by atoms with E-state index >= 15 is 0 Å². The van der Waals surface area contributed by atoms with Gasteiger partial charge in [-0.15, -0.1) is 0 Å². The van der Waals surface area contributed by atoms with Crippen molar-refractivity contribution in [2.45, 2.75) is 45.6 Å². The number of ether oxygens (including phenoxy) is 3. The monoisotopic (exact) mass is 540 g/mol. The lowest BCUT2D eigenvalue weighted by Gasteiger charge is -2.26. The fourth-order valence-corrected chi connectivity index (χ4v) is 5.68. The van der Waals surface area contributed by atoms with Crippen molar-refractivity contribution in [3.05, 3.63) is 76.9 Å². The van der Waals surface area contributed by atoms with Gasteiger partial charge in [-0.25, -0.2) is 8.42 Å². The molecule has 38 heavy (non-hydrogen) atoms. The molecule has 1 N–H and O–H groups in total. The number of sulfonamides is 1. The van der Waals surface area contributed by atoms with Crippen molar-refractivity contribution >= 4 is 21.6 Å². The highest BCUT2D eigenvalue weighted by atomic mass is 32.2. The molecule has 8 nitrogen and oxygen atoms in total. The van der Waals surface area contributed by atoms with Crippen molar-refractivity contribution in [1.29, 1.82) is 0 Å². The predicted molar refractivity (Wildman–Crippen MR) is 149 cm³/mol. The topological polar surface area (TPSA) is 94.2 Å². The van der Waals surface area contributed by atoms with Crippen LogP contribution in [0, 0.1) is 20.8 Å². The van der Waals surface area contributed by atoms with Crippen LogP contribution >= 0.6 is 0 Å². The van der Waals surface area contributed by atoms with Crippen LogP contribution in [0.1, 0.15) is 42.1 Å². The number of amides is 1. The molecule has 9 heteroatoms. The third kappa shape index (κ3) is 6.39. The highest BCUT2D eigenvalue weighted by Crippen LogP contribution is 2.33. The highest BCUT2D eigenvalue weighted by molar-refractivity contribution is 7.92. The molecule has 0 bridgehead atoms. The van der Waals surface area contributed by atoms with Gasteiger partial charge in [0.15, 0.2) is 11.5 Å². The number of carbonyl (C=O) groups excluding carboxylic acids is 1. The molecule has 0 fully saturated rings. The predicted octanol–water partition coefficient (Wildman–Crippen LogP) is 5.10. The molecule has 0 aromatic heterocycles. The van der Waals surface area contributed by atoms with Crippen LogP contribution in [0.5, 0.6) is 17.2 Å². The zero-order valence-electron chi connectivity index (χ0n) is 23.0. The van der Waals surface area contributed by atoms with Gasteiger partial charge in [-0.05, 0) is 93.3 Å². The summed E-state index contributed by atoms with van der Waals surface area (Å²) in [5, 5.41) is 2.97. The second kappa shape index (κ2) is 12.2. The van der Waals surface area contributed by atoms with E-state index in [1.807, 2.05) is 34.6 Å². The van der Waals surface area contributed by atoms with Crippen LogP contribution in [-0.4, -0.2) is 41.7 Å². The molecule has 204 valence electrons. The average Bonchev–Trinajstić information content (AvgIpc) is 2.89. The van der Waals surface area contributed by atoms with E-state index in [0.717, 1.165) is 21.0 Å². The van der Waals surface area contributed by atoms with Crippen molar-refractivity contribution in [3.8, 4) is 17.2 Å². The largest absolute Gasteiger partial charge is 0.494 e. The van der Waals surface area contributed by atoms with Crippen molar-refractivity contribution in [3.63, 3.8) is 0 Å².